The van der Waals surface area contributed by atoms with E-state index >= 15 is 0 Å². The average Bonchev–Trinajstić information content (AvgIpc) is 2.76. The molecule has 2 atom stereocenters. The van der Waals surface area contributed by atoms with Gasteiger partial charge in [-0.1, -0.05) is 6.92 Å². The van der Waals surface area contributed by atoms with E-state index in [1.54, 1.807) is 0 Å². The van der Waals surface area contributed by atoms with Gasteiger partial charge in [0.05, 0.1) is 25.7 Å². The molecule has 94 valence electrons. The summed E-state index contributed by atoms with van der Waals surface area (Å²) in [7, 11) is 1.82. The summed E-state index contributed by atoms with van der Waals surface area (Å²) in [5.41, 5.74) is 0. The normalized spacial score (nSPS) is 24.6. The van der Waals surface area contributed by atoms with Crippen LogP contribution in [0.2, 0.25) is 0 Å². The topological polar surface area (TPSA) is 56.8 Å². The van der Waals surface area contributed by atoms with Gasteiger partial charge in [-0.25, -0.2) is 0 Å². The highest BCUT2D eigenvalue weighted by Gasteiger charge is 2.34. The third kappa shape index (κ3) is 4.08. The lowest BCUT2D eigenvalue weighted by atomic mass is 10.0. The Morgan fingerprint density at radius 1 is 1.38 bits per heavy atom. The molecule has 0 spiro atoms. The summed E-state index contributed by atoms with van der Waals surface area (Å²) in [5.74, 6) is -0.381. The van der Waals surface area contributed by atoms with Gasteiger partial charge in [0.1, 0.15) is 6.61 Å². The zero-order valence-corrected chi connectivity index (χ0v) is 10.0. The van der Waals surface area contributed by atoms with Crippen molar-refractivity contribution in [2.24, 2.45) is 5.92 Å². The van der Waals surface area contributed by atoms with Crippen LogP contribution in [0.5, 0.6) is 0 Å². The van der Waals surface area contributed by atoms with Crippen LogP contribution >= 0.6 is 0 Å². The molecule has 5 nitrogen and oxygen atoms in total. The maximum absolute atomic E-state index is 11.6. The molecule has 0 bridgehead atoms. The molecular formula is C11H21NO4. The maximum atomic E-state index is 11.6. The predicted octanol–water partition coefficient (Wildman–Crippen LogP) is 0.191. The molecule has 5 heteroatoms. The van der Waals surface area contributed by atoms with Gasteiger partial charge in [-0.3, -0.25) is 4.79 Å². The minimum atomic E-state index is -0.197. The van der Waals surface area contributed by atoms with Crippen molar-refractivity contribution in [3.63, 3.8) is 0 Å². The van der Waals surface area contributed by atoms with Crippen molar-refractivity contribution in [1.29, 1.82) is 0 Å². The van der Waals surface area contributed by atoms with Gasteiger partial charge in [0, 0.05) is 12.6 Å². The zero-order valence-electron chi connectivity index (χ0n) is 10.0. The number of nitrogens with one attached hydrogen (secondary N) is 1. The molecule has 1 fully saturated rings. The second kappa shape index (κ2) is 7.60. The summed E-state index contributed by atoms with van der Waals surface area (Å²) in [4.78, 5) is 11.6. The van der Waals surface area contributed by atoms with Crippen LogP contribution in [0, 0.1) is 5.92 Å². The van der Waals surface area contributed by atoms with Gasteiger partial charge in [-0.15, -0.1) is 0 Å². The third-order valence-corrected chi connectivity index (χ3v) is 2.57. The molecule has 2 unspecified atom stereocenters. The third-order valence-electron chi connectivity index (χ3n) is 2.57. The molecule has 1 aliphatic rings. The lowest BCUT2D eigenvalue weighted by Gasteiger charge is -2.15. The fraction of sp³-hybridized carbons (Fsp3) is 0.909. The Kier molecular flexibility index (Phi) is 6.37. The second-order valence-corrected chi connectivity index (χ2v) is 3.82. The minimum Gasteiger partial charge on any atom is -0.463 e. The molecule has 1 aliphatic heterocycles. The maximum Gasteiger partial charge on any atom is 0.313 e. The van der Waals surface area contributed by atoms with Crippen molar-refractivity contribution in [2.75, 3.05) is 40.1 Å². The van der Waals surface area contributed by atoms with Crippen molar-refractivity contribution in [3.05, 3.63) is 0 Å². The Labute approximate surface area is 96.4 Å². The first kappa shape index (κ1) is 13.4. The van der Waals surface area contributed by atoms with E-state index in [0.29, 0.717) is 33.0 Å². The Morgan fingerprint density at radius 2 is 2.19 bits per heavy atom. The first-order chi connectivity index (χ1) is 7.79. The lowest BCUT2D eigenvalue weighted by molar-refractivity contribution is -0.150. The molecule has 0 amide bonds. The van der Waals surface area contributed by atoms with Gasteiger partial charge in [-0.05, 0) is 13.5 Å². The smallest absolute Gasteiger partial charge is 0.313 e. The van der Waals surface area contributed by atoms with Crippen LogP contribution in [0.3, 0.4) is 0 Å². The molecule has 0 aromatic heterocycles. The van der Waals surface area contributed by atoms with Gasteiger partial charge in [0.25, 0.3) is 0 Å². The van der Waals surface area contributed by atoms with Gasteiger partial charge >= 0.3 is 5.97 Å². The van der Waals surface area contributed by atoms with Gasteiger partial charge in [-0.2, -0.15) is 0 Å². The van der Waals surface area contributed by atoms with E-state index < -0.39 is 0 Å². The largest absolute Gasteiger partial charge is 0.463 e. The first-order valence-electron chi connectivity index (χ1n) is 5.79. The highest BCUT2D eigenvalue weighted by Crippen LogP contribution is 2.14. The van der Waals surface area contributed by atoms with Gasteiger partial charge in [0.2, 0.25) is 0 Å². The summed E-state index contributed by atoms with van der Waals surface area (Å²) < 4.78 is 15.6. The Balaban J connectivity index is 2.14. The number of hydrogen-bond acceptors (Lipinski definition) is 5. The second-order valence-electron chi connectivity index (χ2n) is 3.82. The standard InChI is InChI=1S/C11H21NO4/c1-3-4-14-5-6-16-11(13)9-7-15-8-10(9)12-2/h9-10,12H,3-8H2,1-2H3. The first-order valence-corrected chi connectivity index (χ1v) is 5.79. The van der Waals surface area contributed by atoms with E-state index in [0.717, 1.165) is 6.42 Å². The number of ether oxygens (including phenoxy) is 3. The highest BCUT2D eigenvalue weighted by molar-refractivity contribution is 5.73. The van der Waals surface area contributed by atoms with Crippen LogP contribution in [0.4, 0.5) is 0 Å². The molecule has 0 aliphatic carbocycles. The van der Waals surface area contributed by atoms with E-state index in [1.165, 1.54) is 0 Å². The van der Waals surface area contributed by atoms with E-state index in [-0.39, 0.29) is 17.9 Å². The average molecular weight is 231 g/mol. The van der Waals surface area contributed by atoms with Gasteiger partial charge < -0.3 is 19.5 Å². The summed E-state index contributed by atoms with van der Waals surface area (Å²) in [6, 6.07) is 0.0732. The molecule has 1 saturated heterocycles. The minimum absolute atomic E-state index is 0.0732. The van der Waals surface area contributed by atoms with Crippen LogP contribution in [0.15, 0.2) is 0 Å². The van der Waals surface area contributed by atoms with Crippen molar-refractivity contribution in [2.45, 2.75) is 19.4 Å². The van der Waals surface area contributed by atoms with E-state index in [9.17, 15) is 4.79 Å². The number of carbonyl (C=O) groups is 1. The molecule has 0 aromatic rings. The fourth-order valence-electron chi connectivity index (χ4n) is 1.63. The summed E-state index contributed by atoms with van der Waals surface area (Å²) >= 11 is 0. The number of rotatable bonds is 7. The van der Waals surface area contributed by atoms with E-state index in [2.05, 4.69) is 5.32 Å². The molecular weight excluding hydrogens is 210 g/mol. The Hall–Kier alpha value is -0.650. The van der Waals surface area contributed by atoms with Crippen molar-refractivity contribution < 1.29 is 19.0 Å². The highest BCUT2D eigenvalue weighted by atomic mass is 16.6. The SMILES string of the molecule is CCCOCCOC(=O)C1COCC1NC. The summed E-state index contributed by atoms with van der Waals surface area (Å²) in [6.45, 7) is 4.56. The van der Waals surface area contributed by atoms with Crippen molar-refractivity contribution in [3.8, 4) is 0 Å². The number of carbonyl (C=O) groups excluding carboxylic acids is 1. The van der Waals surface area contributed by atoms with Crippen LogP contribution < -0.4 is 5.32 Å². The van der Waals surface area contributed by atoms with Crippen LogP contribution in [0.1, 0.15) is 13.3 Å². The van der Waals surface area contributed by atoms with Crippen molar-refractivity contribution in [1.82, 2.24) is 5.32 Å². The zero-order chi connectivity index (χ0) is 11.8. The number of likely N-dealkylation sites (N-methyl/N-ethyl adjacent to an activating group) is 1. The molecule has 1 N–H and O–H groups in total. The lowest BCUT2D eigenvalue weighted by Crippen LogP contribution is -2.38. The molecule has 16 heavy (non-hydrogen) atoms. The number of esters is 1. The summed E-state index contributed by atoms with van der Waals surface area (Å²) in [6.07, 6.45) is 0.978. The molecule has 1 rings (SSSR count). The van der Waals surface area contributed by atoms with Crippen LogP contribution in [0.25, 0.3) is 0 Å². The van der Waals surface area contributed by atoms with Crippen LogP contribution in [-0.4, -0.2) is 52.1 Å². The van der Waals surface area contributed by atoms with Crippen molar-refractivity contribution >= 4 is 5.97 Å². The molecule has 0 radical (unpaired) electrons. The molecule has 0 aromatic carbocycles. The monoisotopic (exact) mass is 231 g/mol. The molecule has 1 heterocycles. The van der Waals surface area contributed by atoms with Crippen LogP contribution in [-0.2, 0) is 19.0 Å². The predicted molar refractivity (Wildman–Crippen MR) is 59.2 cm³/mol. The fourth-order valence-corrected chi connectivity index (χ4v) is 1.63. The Morgan fingerprint density at radius 3 is 2.88 bits per heavy atom. The quantitative estimate of drug-likeness (QED) is 0.501. The number of hydrogen-bond donors (Lipinski definition) is 1. The van der Waals surface area contributed by atoms with E-state index in [4.69, 9.17) is 14.2 Å². The Bertz CT molecular complexity index is 210. The summed E-state index contributed by atoms with van der Waals surface area (Å²) in [5, 5.41) is 3.05. The van der Waals surface area contributed by atoms with Gasteiger partial charge in [0.15, 0.2) is 0 Å². The van der Waals surface area contributed by atoms with E-state index in [1.807, 2.05) is 14.0 Å². The molecule has 0 saturated carbocycles.